The van der Waals surface area contributed by atoms with Gasteiger partial charge in [-0.2, -0.15) is 0 Å². The molecule has 0 spiro atoms. The second kappa shape index (κ2) is 7.64. The van der Waals surface area contributed by atoms with Crippen molar-refractivity contribution < 1.29 is 14.6 Å². The molecule has 1 aliphatic rings. The van der Waals surface area contributed by atoms with Gasteiger partial charge in [0.1, 0.15) is 18.2 Å². The number of hydrogen-bond acceptors (Lipinski definition) is 5. The Morgan fingerprint density at radius 3 is 2.87 bits per heavy atom. The minimum atomic E-state index is -1.15. The maximum atomic E-state index is 10.9. The Kier molecular flexibility index (Phi) is 4.66. The van der Waals surface area contributed by atoms with Gasteiger partial charge in [-0.1, -0.05) is 18.2 Å². The predicted octanol–water partition coefficient (Wildman–Crippen LogP) is 4.42. The number of carboxylic acid groups (broad SMARTS) is 1. The van der Waals surface area contributed by atoms with Crippen LogP contribution >= 0.6 is 0 Å². The standard InChI is InChI=1S/C23H21N5O3/c1-14-3-2-8-24-21(14)28-9-10-31-20-7-5-15(11-17(20)13-28)16-4-6-18-19(12-16)26-22(25-18)27-23(29)30/h2-8,11-12H,9-10,13H2,1H3,(H,29,30)(H2,25,26,27). The third-order valence-electron chi connectivity index (χ3n) is 5.36. The summed E-state index contributed by atoms with van der Waals surface area (Å²) in [7, 11) is 0. The van der Waals surface area contributed by atoms with Crippen molar-refractivity contribution in [1.29, 1.82) is 0 Å². The van der Waals surface area contributed by atoms with Gasteiger partial charge in [0.15, 0.2) is 0 Å². The summed E-state index contributed by atoms with van der Waals surface area (Å²) in [6.45, 7) is 4.14. The number of benzene rings is 2. The second-order valence-corrected chi connectivity index (χ2v) is 7.48. The molecule has 0 saturated carbocycles. The molecular weight excluding hydrogens is 394 g/mol. The van der Waals surface area contributed by atoms with Crippen molar-refractivity contribution in [1.82, 2.24) is 15.0 Å². The number of rotatable bonds is 3. The van der Waals surface area contributed by atoms with E-state index in [1.165, 1.54) is 0 Å². The van der Waals surface area contributed by atoms with E-state index in [-0.39, 0.29) is 5.95 Å². The van der Waals surface area contributed by atoms with Crippen molar-refractivity contribution in [2.75, 3.05) is 23.4 Å². The van der Waals surface area contributed by atoms with Gasteiger partial charge < -0.3 is 19.7 Å². The Labute approximate surface area is 178 Å². The molecule has 1 amide bonds. The SMILES string of the molecule is Cc1cccnc1N1CCOc2ccc(-c3ccc4nc(NC(=O)O)[nH]c4c3)cc2C1. The highest BCUT2D eigenvalue weighted by molar-refractivity contribution is 5.87. The van der Waals surface area contributed by atoms with Crippen LogP contribution in [0, 0.1) is 6.92 Å². The van der Waals surface area contributed by atoms with Crippen molar-refractivity contribution in [2.45, 2.75) is 13.5 Å². The normalized spacial score (nSPS) is 13.4. The first kappa shape index (κ1) is 18.9. The molecule has 0 unspecified atom stereocenters. The summed E-state index contributed by atoms with van der Waals surface area (Å²) < 4.78 is 5.99. The molecule has 31 heavy (non-hydrogen) atoms. The molecule has 0 saturated heterocycles. The number of fused-ring (bicyclic) bond motifs is 2. The van der Waals surface area contributed by atoms with Crippen molar-refractivity contribution in [2.24, 2.45) is 0 Å². The summed E-state index contributed by atoms with van der Waals surface area (Å²) in [5.41, 5.74) is 5.74. The number of anilines is 2. The largest absolute Gasteiger partial charge is 0.491 e. The fraction of sp³-hybridized carbons (Fsp3) is 0.174. The molecule has 4 aromatic rings. The summed E-state index contributed by atoms with van der Waals surface area (Å²) in [4.78, 5) is 24.9. The fourth-order valence-corrected chi connectivity index (χ4v) is 3.91. The Balaban J connectivity index is 1.48. The highest BCUT2D eigenvalue weighted by atomic mass is 16.5. The number of H-pyrrole nitrogens is 1. The summed E-state index contributed by atoms with van der Waals surface area (Å²) >= 11 is 0. The second-order valence-electron chi connectivity index (χ2n) is 7.48. The number of nitrogens with one attached hydrogen (secondary N) is 2. The molecule has 0 atom stereocenters. The minimum Gasteiger partial charge on any atom is -0.491 e. The van der Waals surface area contributed by atoms with Gasteiger partial charge in [-0.15, -0.1) is 0 Å². The topological polar surface area (TPSA) is 103 Å². The molecule has 0 radical (unpaired) electrons. The highest BCUT2D eigenvalue weighted by Gasteiger charge is 2.19. The maximum absolute atomic E-state index is 10.9. The Hall–Kier alpha value is -4.07. The number of hydrogen-bond donors (Lipinski definition) is 3. The van der Waals surface area contributed by atoms with Crippen LogP contribution in [0.15, 0.2) is 54.7 Å². The average Bonchev–Trinajstić information content (AvgIpc) is 3.02. The third kappa shape index (κ3) is 3.75. The van der Waals surface area contributed by atoms with E-state index < -0.39 is 6.09 Å². The first-order valence-corrected chi connectivity index (χ1v) is 9.99. The molecule has 8 heteroatoms. The van der Waals surface area contributed by atoms with Crippen LogP contribution in [0.3, 0.4) is 0 Å². The lowest BCUT2D eigenvalue weighted by Crippen LogP contribution is -2.26. The minimum absolute atomic E-state index is 0.205. The van der Waals surface area contributed by atoms with Gasteiger partial charge in [0, 0.05) is 18.3 Å². The molecule has 156 valence electrons. The van der Waals surface area contributed by atoms with E-state index in [0.717, 1.165) is 45.9 Å². The van der Waals surface area contributed by atoms with E-state index in [4.69, 9.17) is 9.84 Å². The van der Waals surface area contributed by atoms with Crippen LogP contribution in [0.1, 0.15) is 11.1 Å². The Bertz CT molecular complexity index is 1280. The van der Waals surface area contributed by atoms with Gasteiger partial charge in [0.2, 0.25) is 5.95 Å². The number of carbonyl (C=O) groups is 1. The van der Waals surface area contributed by atoms with Gasteiger partial charge in [-0.25, -0.2) is 14.8 Å². The molecule has 2 aromatic heterocycles. The zero-order chi connectivity index (χ0) is 21.4. The number of pyridine rings is 1. The molecule has 0 aliphatic carbocycles. The zero-order valence-corrected chi connectivity index (χ0v) is 16.9. The summed E-state index contributed by atoms with van der Waals surface area (Å²) in [6.07, 6.45) is 0.663. The summed E-state index contributed by atoms with van der Waals surface area (Å²) in [5, 5.41) is 11.1. The average molecular weight is 415 g/mol. The quantitative estimate of drug-likeness (QED) is 0.458. The maximum Gasteiger partial charge on any atom is 0.411 e. The van der Waals surface area contributed by atoms with Gasteiger partial charge in [-0.05, 0) is 53.9 Å². The Morgan fingerprint density at radius 1 is 1.19 bits per heavy atom. The lowest BCUT2D eigenvalue weighted by atomic mass is 10.0. The van der Waals surface area contributed by atoms with Crippen LogP contribution in [-0.2, 0) is 6.54 Å². The monoisotopic (exact) mass is 415 g/mol. The summed E-state index contributed by atoms with van der Waals surface area (Å²) in [5.74, 6) is 2.06. The smallest absolute Gasteiger partial charge is 0.411 e. The van der Waals surface area contributed by atoms with Crippen molar-refractivity contribution in [3.05, 3.63) is 65.9 Å². The predicted molar refractivity (Wildman–Crippen MR) is 119 cm³/mol. The van der Waals surface area contributed by atoms with Crippen LogP contribution in [0.25, 0.3) is 22.2 Å². The van der Waals surface area contributed by atoms with E-state index in [1.54, 1.807) is 0 Å². The zero-order valence-electron chi connectivity index (χ0n) is 16.9. The molecular formula is C23H21N5O3. The molecule has 2 aromatic carbocycles. The van der Waals surface area contributed by atoms with Gasteiger partial charge >= 0.3 is 6.09 Å². The van der Waals surface area contributed by atoms with Crippen LogP contribution in [0.2, 0.25) is 0 Å². The van der Waals surface area contributed by atoms with E-state index in [1.807, 2.05) is 42.6 Å². The van der Waals surface area contributed by atoms with E-state index in [9.17, 15) is 4.79 Å². The molecule has 0 fully saturated rings. The molecule has 8 nitrogen and oxygen atoms in total. The highest BCUT2D eigenvalue weighted by Crippen LogP contribution is 2.32. The molecule has 3 heterocycles. The van der Waals surface area contributed by atoms with E-state index in [0.29, 0.717) is 18.7 Å². The van der Waals surface area contributed by atoms with Crippen LogP contribution in [0.4, 0.5) is 16.6 Å². The first-order valence-electron chi connectivity index (χ1n) is 9.99. The molecule has 5 rings (SSSR count). The third-order valence-corrected chi connectivity index (χ3v) is 5.36. The molecule has 1 aliphatic heterocycles. The van der Waals surface area contributed by atoms with Crippen LogP contribution in [-0.4, -0.2) is 39.3 Å². The van der Waals surface area contributed by atoms with Gasteiger partial charge in [0.05, 0.1) is 17.6 Å². The van der Waals surface area contributed by atoms with E-state index >= 15 is 0 Å². The lowest BCUT2D eigenvalue weighted by Gasteiger charge is -2.22. The summed E-state index contributed by atoms with van der Waals surface area (Å²) in [6, 6.07) is 16.0. The van der Waals surface area contributed by atoms with Gasteiger partial charge in [0.25, 0.3) is 0 Å². The van der Waals surface area contributed by atoms with Crippen molar-refractivity contribution >= 4 is 28.9 Å². The van der Waals surface area contributed by atoms with Crippen molar-refractivity contribution in [3.63, 3.8) is 0 Å². The number of aryl methyl sites for hydroxylation is 1. The van der Waals surface area contributed by atoms with Crippen molar-refractivity contribution in [3.8, 4) is 16.9 Å². The molecule has 0 bridgehead atoms. The Morgan fingerprint density at radius 2 is 2.03 bits per heavy atom. The lowest BCUT2D eigenvalue weighted by molar-refractivity contribution is 0.209. The van der Waals surface area contributed by atoms with E-state index in [2.05, 4.69) is 44.2 Å². The number of amides is 1. The van der Waals surface area contributed by atoms with Crippen LogP contribution in [0.5, 0.6) is 5.75 Å². The fourth-order valence-electron chi connectivity index (χ4n) is 3.91. The number of nitrogens with zero attached hydrogens (tertiary/aromatic N) is 3. The number of aromatic nitrogens is 3. The van der Waals surface area contributed by atoms with Crippen LogP contribution < -0.4 is 15.0 Å². The number of imidazole rings is 1. The number of ether oxygens (including phenoxy) is 1. The molecule has 3 N–H and O–H groups in total. The first-order chi connectivity index (χ1) is 15.1. The van der Waals surface area contributed by atoms with Gasteiger partial charge in [-0.3, -0.25) is 5.32 Å². The number of aromatic amines is 1.